The molecule has 0 bridgehead atoms. The fraction of sp³-hybridized carbons (Fsp3) is 0.485. The minimum absolute atomic E-state index is 0.225. The second-order valence-electron chi connectivity index (χ2n) is 12.1. The molecule has 4 atom stereocenters. The Morgan fingerprint density at radius 1 is 1.12 bits per heavy atom. The van der Waals surface area contributed by atoms with Gasteiger partial charge in [-0.2, -0.15) is 0 Å². The molecule has 3 N–H and O–H groups in total. The van der Waals surface area contributed by atoms with Gasteiger partial charge in [-0.1, -0.05) is 38.6 Å². The van der Waals surface area contributed by atoms with Crippen molar-refractivity contribution in [1.82, 2.24) is 26.1 Å². The zero-order valence-electron chi connectivity index (χ0n) is 26.1. The highest BCUT2D eigenvalue weighted by molar-refractivity contribution is 5.91. The smallest absolute Gasteiger partial charge is 0.312 e. The van der Waals surface area contributed by atoms with Gasteiger partial charge in [-0.25, -0.2) is 5.43 Å². The Balaban J connectivity index is 1.60. The number of carbonyl (C=O) groups excluding carboxylic acids is 4. The van der Waals surface area contributed by atoms with Crippen molar-refractivity contribution in [2.45, 2.75) is 85.0 Å². The van der Waals surface area contributed by atoms with Crippen LogP contribution < -0.4 is 16.1 Å². The standard InChI is InChI=1S/C33H45N5O5/c1-9-15-33(7,8)32(42)43-28(20(3)4)30(40)36-22(6)31(41)38-16-11-12-27(37-38)29(39)35-21(5)23-13-14-24-19-34-26(10-2)18-25(24)17-23/h9-10,13-14,17-22,27-28,37H,1-2,11-12,15-16H2,3-8H3,(H,35,39)(H,36,40)/t21-,22+,27+,28?/m1/s1. The number of ether oxygens (including phenoxy) is 1. The fourth-order valence-corrected chi connectivity index (χ4v) is 4.89. The molecule has 0 aliphatic carbocycles. The van der Waals surface area contributed by atoms with Crippen molar-refractivity contribution in [3.05, 3.63) is 61.0 Å². The summed E-state index contributed by atoms with van der Waals surface area (Å²) in [6.45, 7) is 18.3. The van der Waals surface area contributed by atoms with Crippen molar-refractivity contribution in [2.24, 2.45) is 11.3 Å². The Hall–Kier alpha value is -4.05. The largest absolute Gasteiger partial charge is 0.452 e. The summed E-state index contributed by atoms with van der Waals surface area (Å²) < 4.78 is 5.57. The summed E-state index contributed by atoms with van der Waals surface area (Å²) in [5.41, 5.74) is 3.92. The lowest BCUT2D eigenvalue weighted by Gasteiger charge is -2.35. The van der Waals surface area contributed by atoms with E-state index in [1.807, 2.05) is 31.2 Å². The number of pyridine rings is 1. The van der Waals surface area contributed by atoms with E-state index < -0.39 is 35.5 Å². The summed E-state index contributed by atoms with van der Waals surface area (Å²) in [6, 6.07) is 6.10. The van der Waals surface area contributed by atoms with E-state index in [4.69, 9.17) is 4.74 Å². The lowest BCUT2D eigenvalue weighted by atomic mass is 9.89. The molecule has 1 aliphatic heterocycles. The van der Waals surface area contributed by atoms with Gasteiger partial charge in [0.05, 0.1) is 17.2 Å². The summed E-state index contributed by atoms with van der Waals surface area (Å²) in [4.78, 5) is 56.6. The van der Waals surface area contributed by atoms with Crippen LogP contribution in [0, 0.1) is 11.3 Å². The number of carbonyl (C=O) groups is 4. The van der Waals surface area contributed by atoms with Crippen molar-refractivity contribution in [1.29, 1.82) is 0 Å². The van der Waals surface area contributed by atoms with Crippen LogP contribution in [0.1, 0.15) is 78.1 Å². The Morgan fingerprint density at radius 2 is 1.84 bits per heavy atom. The van der Waals surface area contributed by atoms with Crippen molar-refractivity contribution in [2.75, 3.05) is 6.54 Å². The van der Waals surface area contributed by atoms with Gasteiger partial charge in [-0.05, 0) is 82.0 Å². The molecule has 1 unspecified atom stereocenters. The number of rotatable bonds is 12. The highest BCUT2D eigenvalue weighted by atomic mass is 16.5. The molecule has 232 valence electrons. The SMILES string of the molecule is C=CCC(C)(C)C(=O)OC(C(=O)N[C@@H](C)C(=O)N1CCC[C@@H](C(=O)N[C@H](C)c2ccc3cnc(C=C)cc3c2)N1)C(C)C. The van der Waals surface area contributed by atoms with Crippen LogP contribution in [0.4, 0.5) is 0 Å². The highest BCUT2D eigenvalue weighted by Gasteiger charge is 2.36. The van der Waals surface area contributed by atoms with Crippen molar-refractivity contribution >= 4 is 40.5 Å². The zero-order valence-corrected chi connectivity index (χ0v) is 26.1. The number of hydrogen-bond acceptors (Lipinski definition) is 7. The first-order valence-corrected chi connectivity index (χ1v) is 14.8. The maximum absolute atomic E-state index is 13.3. The van der Waals surface area contributed by atoms with E-state index in [0.717, 1.165) is 22.0 Å². The fourth-order valence-electron chi connectivity index (χ4n) is 4.89. The average Bonchev–Trinajstić information content (AvgIpc) is 2.98. The van der Waals surface area contributed by atoms with Crippen molar-refractivity contribution in [3.63, 3.8) is 0 Å². The molecule has 43 heavy (non-hydrogen) atoms. The number of allylic oxidation sites excluding steroid dienone is 1. The molecule has 1 aliphatic rings. The first-order valence-electron chi connectivity index (χ1n) is 14.8. The first-order chi connectivity index (χ1) is 20.3. The minimum Gasteiger partial charge on any atom is -0.452 e. The third-order valence-electron chi connectivity index (χ3n) is 7.64. The van der Waals surface area contributed by atoms with Crippen LogP contribution in [-0.2, 0) is 23.9 Å². The van der Waals surface area contributed by atoms with Crippen LogP contribution in [0.25, 0.3) is 16.8 Å². The van der Waals surface area contributed by atoms with Gasteiger partial charge in [-0.15, -0.1) is 6.58 Å². The van der Waals surface area contributed by atoms with Gasteiger partial charge in [0.2, 0.25) is 5.91 Å². The van der Waals surface area contributed by atoms with E-state index in [2.05, 4.69) is 34.2 Å². The van der Waals surface area contributed by atoms with E-state index in [9.17, 15) is 19.2 Å². The molecule has 3 amide bonds. The molecule has 0 radical (unpaired) electrons. The molecule has 1 saturated heterocycles. The van der Waals surface area contributed by atoms with E-state index in [-0.39, 0.29) is 23.8 Å². The number of fused-ring (bicyclic) bond motifs is 1. The first kappa shape index (κ1) is 33.5. The quantitative estimate of drug-likeness (QED) is 0.249. The van der Waals surface area contributed by atoms with E-state index in [1.165, 1.54) is 5.01 Å². The molecule has 1 aromatic heterocycles. The second-order valence-corrected chi connectivity index (χ2v) is 12.1. The second kappa shape index (κ2) is 14.4. The summed E-state index contributed by atoms with van der Waals surface area (Å²) in [5, 5.41) is 9.11. The molecule has 1 fully saturated rings. The van der Waals surface area contributed by atoms with Crippen LogP contribution >= 0.6 is 0 Å². The van der Waals surface area contributed by atoms with Crippen LogP contribution in [0.15, 0.2) is 49.7 Å². The molecule has 2 heterocycles. The van der Waals surface area contributed by atoms with E-state index >= 15 is 0 Å². The average molecular weight is 592 g/mol. The Bertz CT molecular complexity index is 1370. The molecule has 0 spiro atoms. The number of hydrazine groups is 1. The normalized spacial score (nSPS) is 17.5. The third-order valence-corrected chi connectivity index (χ3v) is 7.64. The van der Waals surface area contributed by atoms with Gasteiger partial charge in [0.1, 0.15) is 12.1 Å². The monoisotopic (exact) mass is 591 g/mol. The Labute approximate surface area is 254 Å². The molecule has 1 aromatic carbocycles. The number of nitrogens with zero attached hydrogens (tertiary/aromatic N) is 2. The van der Waals surface area contributed by atoms with Gasteiger partial charge in [0.15, 0.2) is 6.10 Å². The topological polar surface area (TPSA) is 130 Å². The highest BCUT2D eigenvalue weighted by Crippen LogP contribution is 2.25. The van der Waals surface area contributed by atoms with Gasteiger partial charge >= 0.3 is 5.97 Å². The minimum atomic E-state index is -1.06. The van der Waals surface area contributed by atoms with Crippen LogP contribution in [-0.4, -0.2) is 58.4 Å². The maximum Gasteiger partial charge on any atom is 0.312 e. The van der Waals surface area contributed by atoms with Gasteiger partial charge < -0.3 is 15.4 Å². The predicted molar refractivity (Wildman–Crippen MR) is 167 cm³/mol. The molecular formula is C33H45N5O5. The van der Waals surface area contributed by atoms with E-state index in [1.54, 1.807) is 53.0 Å². The maximum atomic E-state index is 13.3. The molecule has 10 heteroatoms. The van der Waals surface area contributed by atoms with Crippen LogP contribution in [0.2, 0.25) is 0 Å². The molecule has 3 rings (SSSR count). The number of nitrogens with one attached hydrogen (secondary N) is 3. The number of esters is 1. The van der Waals surface area contributed by atoms with Crippen LogP contribution in [0.5, 0.6) is 0 Å². The van der Waals surface area contributed by atoms with Gasteiger partial charge in [0.25, 0.3) is 11.8 Å². The van der Waals surface area contributed by atoms with Gasteiger partial charge in [-0.3, -0.25) is 29.2 Å². The third kappa shape index (κ3) is 8.50. The summed E-state index contributed by atoms with van der Waals surface area (Å²) in [6.07, 6.45) is 5.63. The summed E-state index contributed by atoms with van der Waals surface area (Å²) in [5.74, 6) is -1.98. The molecule has 2 aromatic rings. The predicted octanol–water partition coefficient (Wildman–Crippen LogP) is 4.23. The molecule has 0 saturated carbocycles. The lowest BCUT2D eigenvalue weighted by Crippen LogP contribution is -2.61. The van der Waals surface area contributed by atoms with Crippen molar-refractivity contribution in [3.8, 4) is 0 Å². The molecular weight excluding hydrogens is 546 g/mol. The zero-order chi connectivity index (χ0) is 31.9. The number of aromatic nitrogens is 1. The summed E-state index contributed by atoms with van der Waals surface area (Å²) in [7, 11) is 0. The molecule has 10 nitrogen and oxygen atoms in total. The summed E-state index contributed by atoms with van der Waals surface area (Å²) >= 11 is 0. The van der Waals surface area contributed by atoms with Crippen LogP contribution in [0.3, 0.4) is 0 Å². The number of hydrogen-bond donors (Lipinski definition) is 3. The number of amides is 3. The lowest BCUT2D eigenvalue weighted by molar-refractivity contribution is -0.167. The Kier molecular flexibility index (Phi) is 11.2. The van der Waals surface area contributed by atoms with Gasteiger partial charge in [0, 0.05) is 18.1 Å². The Morgan fingerprint density at radius 3 is 2.49 bits per heavy atom. The van der Waals surface area contributed by atoms with E-state index in [0.29, 0.717) is 25.8 Å². The van der Waals surface area contributed by atoms with Crippen molar-refractivity contribution < 1.29 is 23.9 Å². The number of benzene rings is 1.